The summed E-state index contributed by atoms with van der Waals surface area (Å²) in [6, 6.07) is 5.83. The van der Waals surface area contributed by atoms with Crippen molar-refractivity contribution >= 4 is 34.8 Å². The monoisotopic (exact) mass is 350 g/mol. The molecule has 0 saturated heterocycles. The van der Waals surface area contributed by atoms with Crippen LogP contribution in [0.25, 0.3) is 0 Å². The molecule has 0 unspecified atom stereocenters. The maximum Gasteiger partial charge on any atom is 0.200 e. The molecule has 2 aromatic carbocycles. The third-order valence-electron chi connectivity index (χ3n) is 2.51. The molecule has 0 heterocycles. The molecule has 9 heteroatoms. The number of halogens is 5. The van der Waals surface area contributed by atoms with Crippen molar-refractivity contribution in [1.82, 2.24) is 0 Å². The van der Waals surface area contributed by atoms with E-state index in [2.05, 4.69) is 17.5 Å². The van der Waals surface area contributed by atoms with Gasteiger partial charge in [-0.05, 0) is 36.5 Å². The summed E-state index contributed by atoms with van der Waals surface area (Å²) in [5.74, 6) is -9.88. The van der Waals surface area contributed by atoms with E-state index in [9.17, 15) is 22.0 Å². The topological polar surface area (TPSA) is 38.0 Å². The minimum atomic E-state index is -2.18. The van der Waals surface area contributed by atoms with Gasteiger partial charge < -0.3 is 11.1 Å². The highest BCUT2D eigenvalue weighted by molar-refractivity contribution is 7.99. The SMILES string of the molecule is NC(=S)Nc1ccc(Sc2c(F)c(F)c(F)c(F)c2F)cc1. The van der Waals surface area contributed by atoms with Gasteiger partial charge in [-0.3, -0.25) is 0 Å². The molecular weight excluding hydrogens is 343 g/mol. The van der Waals surface area contributed by atoms with Gasteiger partial charge in [-0.25, -0.2) is 22.0 Å². The van der Waals surface area contributed by atoms with Gasteiger partial charge in [0.05, 0.1) is 4.90 Å². The average molecular weight is 350 g/mol. The summed E-state index contributed by atoms with van der Waals surface area (Å²) < 4.78 is 66.2. The lowest BCUT2D eigenvalue weighted by atomic mass is 10.3. The minimum Gasteiger partial charge on any atom is -0.376 e. The Morgan fingerprint density at radius 2 is 1.32 bits per heavy atom. The number of rotatable bonds is 3. The van der Waals surface area contributed by atoms with Crippen molar-refractivity contribution in [2.75, 3.05) is 5.32 Å². The van der Waals surface area contributed by atoms with Crippen LogP contribution in [0, 0.1) is 29.1 Å². The number of nitrogens with one attached hydrogen (secondary N) is 1. The Kier molecular flexibility index (Phi) is 4.87. The van der Waals surface area contributed by atoms with Gasteiger partial charge in [-0.15, -0.1) is 0 Å². The molecule has 0 aliphatic rings. The van der Waals surface area contributed by atoms with Crippen LogP contribution < -0.4 is 11.1 Å². The van der Waals surface area contributed by atoms with E-state index in [-0.39, 0.29) is 10.0 Å². The predicted octanol–water partition coefficient (Wildman–Crippen LogP) is 4.19. The fourth-order valence-corrected chi connectivity index (χ4v) is 2.52. The zero-order valence-electron chi connectivity index (χ0n) is 10.6. The number of hydrogen-bond donors (Lipinski definition) is 2. The van der Waals surface area contributed by atoms with Crippen molar-refractivity contribution in [2.45, 2.75) is 9.79 Å². The van der Waals surface area contributed by atoms with Gasteiger partial charge in [-0.1, -0.05) is 11.8 Å². The molecule has 0 amide bonds. The van der Waals surface area contributed by atoms with Crippen LogP contribution in [-0.2, 0) is 0 Å². The van der Waals surface area contributed by atoms with E-state index in [1.54, 1.807) is 0 Å². The van der Waals surface area contributed by atoms with Gasteiger partial charge in [0.1, 0.15) is 0 Å². The van der Waals surface area contributed by atoms with E-state index < -0.39 is 34.0 Å². The Hall–Kier alpha value is -1.87. The van der Waals surface area contributed by atoms with Crippen molar-refractivity contribution < 1.29 is 22.0 Å². The summed E-state index contributed by atoms with van der Waals surface area (Å²) in [4.78, 5) is -0.692. The quantitative estimate of drug-likeness (QED) is 0.377. The van der Waals surface area contributed by atoms with Crippen molar-refractivity contribution in [2.24, 2.45) is 5.73 Å². The highest BCUT2D eigenvalue weighted by Gasteiger charge is 2.26. The molecule has 2 rings (SSSR count). The van der Waals surface area contributed by atoms with Crippen molar-refractivity contribution in [3.05, 3.63) is 53.4 Å². The molecule has 0 saturated carbocycles. The first-order valence-electron chi connectivity index (χ1n) is 5.67. The molecule has 0 radical (unpaired) electrons. The zero-order valence-corrected chi connectivity index (χ0v) is 12.2. The third-order valence-corrected chi connectivity index (χ3v) is 3.68. The smallest absolute Gasteiger partial charge is 0.200 e. The normalized spacial score (nSPS) is 10.6. The molecule has 0 fully saturated rings. The maximum atomic E-state index is 13.6. The molecule has 0 aliphatic heterocycles. The molecular formula is C13H7F5N2S2. The Bertz CT molecular complexity index is 705. The molecule has 0 aromatic heterocycles. The molecule has 2 aromatic rings. The standard InChI is InChI=1S/C13H7F5N2S2/c14-7-8(15)10(17)12(11(18)9(7)16)22-6-3-1-5(2-4-6)20-13(19)21/h1-4H,(H3,19,20,21). The number of nitrogens with two attached hydrogens (primary N) is 1. The van der Waals surface area contributed by atoms with Crippen molar-refractivity contribution in [3.63, 3.8) is 0 Å². The van der Waals surface area contributed by atoms with Crippen molar-refractivity contribution in [3.8, 4) is 0 Å². The van der Waals surface area contributed by atoms with Gasteiger partial charge in [0, 0.05) is 10.6 Å². The number of benzene rings is 2. The highest BCUT2D eigenvalue weighted by Crippen LogP contribution is 2.35. The fraction of sp³-hybridized carbons (Fsp3) is 0. The first-order valence-corrected chi connectivity index (χ1v) is 6.89. The van der Waals surface area contributed by atoms with Gasteiger partial charge in [0.2, 0.25) is 5.82 Å². The molecule has 0 spiro atoms. The first-order chi connectivity index (χ1) is 10.3. The Morgan fingerprint density at radius 3 is 1.77 bits per heavy atom. The second-order valence-electron chi connectivity index (χ2n) is 4.01. The molecule has 0 atom stereocenters. The van der Waals surface area contributed by atoms with Crippen LogP contribution in [0.4, 0.5) is 27.6 Å². The minimum absolute atomic E-state index is 0.0279. The number of hydrogen-bond acceptors (Lipinski definition) is 2. The molecule has 2 nitrogen and oxygen atoms in total. The zero-order chi connectivity index (χ0) is 16.4. The molecule has 0 bridgehead atoms. The second kappa shape index (κ2) is 6.49. The Morgan fingerprint density at radius 1 is 0.864 bits per heavy atom. The number of anilines is 1. The maximum absolute atomic E-state index is 13.6. The van der Waals surface area contributed by atoms with E-state index in [4.69, 9.17) is 5.73 Å². The lowest BCUT2D eigenvalue weighted by Crippen LogP contribution is -2.18. The highest BCUT2D eigenvalue weighted by atomic mass is 32.2. The lowest BCUT2D eigenvalue weighted by molar-refractivity contribution is 0.361. The lowest BCUT2D eigenvalue weighted by Gasteiger charge is -2.09. The van der Waals surface area contributed by atoms with Crippen LogP contribution in [0.1, 0.15) is 0 Å². The summed E-state index contributed by atoms with van der Waals surface area (Å²) in [5, 5.41) is 2.65. The van der Waals surface area contributed by atoms with E-state index >= 15 is 0 Å². The molecule has 3 N–H and O–H groups in total. The van der Waals surface area contributed by atoms with Crippen LogP contribution in [0.5, 0.6) is 0 Å². The molecule has 22 heavy (non-hydrogen) atoms. The van der Waals surface area contributed by atoms with Crippen LogP contribution >= 0.6 is 24.0 Å². The van der Waals surface area contributed by atoms with Crippen LogP contribution in [0.2, 0.25) is 0 Å². The fourth-order valence-electron chi connectivity index (χ4n) is 1.54. The van der Waals surface area contributed by atoms with Crippen molar-refractivity contribution in [1.29, 1.82) is 0 Å². The first kappa shape index (κ1) is 16.5. The summed E-state index contributed by atoms with van der Waals surface area (Å²) in [6.07, 6.45) is 0. The van der Waals surface area contributed by atoms with Crippen LogP contribution in [0.3, 0.4) is 0 Å². The van der Waals surface area contributed by atoms with Gasteiger partial charge in [-0.2, -0.15) is 0 Å². The average Bonchev–Trinajstić information content (AvgIpc) is 2.49. The summed E-state index contributed by atoms with van der Waals surface area (Å²) >= 11 is 5.05. The Labute approximate surface area is 131 Å². The number of thiocarbonyl (C=S) groups is 1. The van der Waals surface area contributed by atoms with Gasteiger partial charge >= 0.3 is 0 Å². The summed E-state index contributed by atoms with van der Waals surface area (Å²) in [6.45, 7) is 0. The summed E-state index contributed by atoms with van der Waals surface area (Å²) in [7, 11) is 0. The van der Waals surface area contributed by atoms with Gasteiger partial charge in [0.15, 0.2) is 28.4 Å². The second-order valence-corrected chi connectivity index (χ2v) is 5.54. The van der Waals surface area contributed by atoms with E-state index in [1.807, 2.05) is 0 Å². The summed E-state index contributed by atoms with van der Waals surface area (Å²) in [5.41, 5.74) is 5.79. The Balaban J connectivity index is 2.33. The van der Waals surface area contributed by atoms with Gasteiger partial charge in [0.25, 0.3) is 0 Å². The van der Waals surface area contributed by atoms with E-state index in [1.165, 1.54) is 24.3 Å². The molecule has 116 valence electrons. The van der Waals surface area contributed by atoms with E-state index in [0.29, 0.717) is 17.4 Å². The molecule has 0 aliphatic carbocycles. The third kappa shape index (κ3) is 3.30. The van der Waals surface area contributed by atoms with Crippen LogP contribution in [0.15, 0.2) is 34.1 Å². The van der Waals surface area contributed by atoms with E-state index in [0.717, 1.165) is 0 Å². The predicted molar refractivity (Wildman–Crippen MR) is 77.2 cm³/mol. The van der Waals surface area contributed by atoms with Crippen LogP contribution in [-0.4, -0.2) is 5.11 Å². The largest absolute Gasteiger partial charge is 0.376 e.